The third-order valence-corrected chi connectivity index (χ3v) is 4.15. The summed E-state index contributed by atoms with van der Waals surface area (Å²) in [5.74, 6) is -0.588. The van der Waals surface area contributed by atoms with Crippen LogP contribution in [-0.4, -0.2) is 11.9 Å². The second-order valence-electron chi connectivity index (χ2n) is 4.83. The second kappa shape index (κ2) is 7.18. The van der Waals surface area contributed by atoms with Crippen molar-refractivity contribution in [3.05, 3.63) is 68.4 Å². The van der Waals surface area contributed by atoms with Crippen LogP contribution in [0.2, 0.25) is 0 Å². The van der Waals surface area contributed by atoms with Crippen molar-refractivity contribution in [2.45, 2.75) is 19.4 Å². The van der Waals surface area contributed by atoms with Gasteiger partial charge in [0.05, 0.1) is 4.47 Å². The molecule has 0 fully saturated rings. The first-order chi connectivity index (χ1) is 9.95. The van der Waals surface area contributed by atoms with Crippen molar-refractivity contribution >= 4 is 37.8 Å². The van der Waals surface area contributed by atoms with Gasteiger partial charge in [-0.05, 0) is 65.2 Å². The molecule has 0 bridgehead atoms. The Morgan fingerprint density at radius 2 is 1.86 bits per heavy atom. The average molecular weight is 415 g/mol. The molecule has 0 aliphatic rings. The summed E-state index contributed by atoms with van der Waals surface area (Å²) in [6.07, 6.45) is 0.737. The average Bonchev–Trinajstić information content (AvgIpc) is 2.44. The molecule has 1 N–H and O–H groups in total. The highest BCUT2D eigenvalue weighted by molar-refractivity contribution is 9.10. The van der Waals surface area contributed by atoms with Crippen LogP contribution in [0, 0.1) is 5.82 Å². The summed E-state index contributed by atoms with van der Waals surface area (Å²) in [4.78, 5) is 12.1. The lowest BCUT2D eigenvalue weighted by Gasteiger charge is -2.14. The highest BCUT2D eigenvalue weighted by Crippen LogP contribution is 2.17. The summed E-state index contributed by atoms with van der Waals surface area (Å²) in [6.45, 7) is 1.94. The van der Waals surface area contributed by atoms with E-state index in [0.29, 0.717) is 5.56 Å². The number of halogens is 3. The van der Waals surface area contributed by atoms with Crippen molar-refractivity contribution in [2.75, 3.05) is 0 Å². The largest absolute Gasteiger partial charge is 0.349 e. The van der Waals surface area contributed by atoms with E-state index in [2.05, 4.69) is 37.2 Å². The van der Waals surface area contributed by atoms with Crippen LogP contribution >= 0.6 is 31.9 Å². The van der Waals surface area contributed by atoms with Crippen LogP contribution in [0.5, 0.6) is 0 Å². The fraction of sp³-hybridized carbons (Fsp3) is 0.188. The molecule has 21 heavy (non-hydrogen) atoms. The third-order valence-electron chi connectivity index (χ3n) is 3.01. The van der Waals surface area contributed by atoms with Crippen molar-refractivity contribution in [3.63, 3.8) is 0 Å². The van der Waals surface area contributed by atoms with E-state index in [1.807, 2.05) is 31.2 Å². The first-order valence-electron chi connectivity index (χ1n) is 6.46. The van der Waals surface area contributed by atoms with Gasteiger partial charge in [0, 0.05) is 16.1 Å². The van der Waals surface area contributed by atoms with Gasteiger partial charge in [-0.25, -0.2) is 4.39 Å². The Hall–Kier alpha value is -1.20. The van der Waals surface area contributed by atoms with Gasteiger partial charge >= 0.3 is 0 Å². The Labute approximate surface area is 140 Å². The van der Waals surface area contributed by atoms with Gasteiger partial charge in [0.1, 0.15) is 5.82 Å². The first-order valence-corrected chi connectivity index (χ1v) is 8.04. The summed E-state index contributed by atoms with van der Waals surface area (Å²) in [5.41, 5.74) is 1.58. The summed E-state index contributed by atoms with van der Waals surface area (Å²) in [5, 5.41) is 2.91. The third kappa shape index (κ3) is 4.64. The van der Waals surface area contributed by atoms with E-state index in [-0.39, 0.29) is 22.2 Å². The zero-order valence-corrected chi connectivity index (χ0v) is 14.5. The van der Waals surface area contributed by atoms with E-state index in [1.54, 1.807) is 0 Å². The van der Waals surface area contributed by atoms with Gasteiger partial charge in [0.2, 0.25) is 0 Å². The van der Waals surface area contributed by atoms with Crippen LogP contribution in [0.15, 0.2) is 51.4 Å². The molecule has 2 rings (SSSR count). The summed E-state index contributed by atoms with van der Waals surface area (Å²) in [6, 6.07) is 12.2. The molecule has 110 valence electrons. The monoisotopic (exact) mass is 413 g/mol. The minimum absolute atomic E-state index is 0.0116. The lowest BCUT2D eigenvalue weighted by atomic mass is 10.1. The van der Waals surface area contributed by atoms with Gasteiger partial charge in [-0.1, -0.05) is 28.1 Å². The molecule has 0 radical (unpaired) electrons. The fourth-order valence-electron chi connectivity index (χ4n) is 1.97. The molecular formula is C16H14Br2FNO. The van der Waals surface area contributed by atoms with Gasteiger partial charge in [-0.15, -0.1) is 0 Å². The Morgan fingerprint density at radius 1 is 1.19 bits per heavy atom. The van der Waals surface area contributed by atoms with Crippen molar-refractivity contribution < 1.29 is 9.18 Å². The summed E-state index contributed by atoms with van der Waals surface area (Å²) >= 11 is 6.47. The van der Waals surface area contributed by atoms with Gasteiger partial charge in [-0.2, -0.15) is 0 Å². The molecule has 2 aromatic carbocycles. The summed E-state index contributed by atoms with van der Waals surface area (Å²) < 4.78 is 14.5. The molecule has 0 saturated heterocycles. The first kappa shape index (κ1) is 16.2. The van der Waals surface area contributed by atoms with E-state index in [0.717, 1.165) is 16.5 Å². The lowest BCUT2D eigenvalue weighted by Crippen LogP contribution is -2.34. The number of hydrogen-bond donors (Lipinski definition) is 1. The molecule has 0 aromatic heterocycles. The van der Waals surface area contributed by atoms with Gasteiger partial charge in [0.15, 0.2) is 0 Å². The number of nitrogens with one attached hydrogen (secondary N) is 1. The molecule has 0 heterocycles. The number of rotatable bonds is 4. The van der Waals surface area contributed by atoms with E-state index >= 15 is 0 Å². The van der Waals surface area contributed by atoms with Crippen molar-refractivity contribution in [2.24, 2.45) is 0 Å². The smallest absolute Gasteiger partial charge is 0.251 e. The number of carbonyl (C=O) groups is 1. The topological polar surface area (TPSA) is 29.1 Å². The van der Waals surface area contributed by atoms with Crippen molar-refractivity contribution in [1.29, 1.82) is 0 Å². The predicted octanol–water partition coefficient (Wildman–Crippen LogP) is 4.71. The highest BCUT2D eigenvalue weighted by Gasteiger charge is 2.12. The van der Waals surface area contributed by atoms with Crippen LogP contribution in [0.3, 0.4) is 0 Å². The van der Waals surface area contributed by atoms with Crippen LogP contribution < -0.4 is 5.32 Å². The van der Waals surface area contributed by atoms with Crippen LogP contribution in [-0.2, 0) is 6.42 Å². The van der Waals surface area contributed by atoms with E-state index in [9.17, 15) is 9.18 Å². The van der Waals surface area contributed by atoms with Gasteiger partial charge < -0.3 is 5.32 Å². The van der Waals surface area contributed by atoms with E-state index in [1.165, 1.54) is 18.2 Å². The number of hydrogen-bond acceptors (Lipinski definition) is 1. The van der Waals surface area contributed by atoms with Crippen LogP contribution in [0.4, 0.5) is 4.39 Å². The molecule has 0 aliphatic heterocycles. The normalized spacial score (nSPS) is 12.0. The Balaban J connectivity index is 1.98. The molecule has 0 saturated carbocycles. The zero-order chi connectivity index (χ0) is 15.4. The minimum Gasteiger partial charge on any atom is -0.349 e. The van der Waals surface area contributed by atoms with Crippen molar-refractivity contribution in [1.82, 2.24) is 5.32 Å². The second-order valence-corrected chi connectivity index (χ2v) is 6.60. The fourth-order valence-corrected chi connectivity index (χ4v) is 2.61. The van der Waals surface area contributed by atoms with Gasteiger partial charge in [-0.3, -0.25) is 4.79 Å². The quantitative estimate of drug-likeness (QED) is 0.770. The number of amides is 1. The van der Waals surface area contributed by atoms with Crippen molar-refractivity contribution in [3.8, 4) is 0 Å². The predicted molar refractivity (Wildman–Crippen MR) is 88.9 cm³/mol. The maximum Gasteiger partial charge on any atom is 0.251 e. The van der Waals surface area contributed by atoms with Crippen LogP contribution in [0.1, 0.15) is 22.8 Å². The highest BCUT2D eigenvalue weighted by atomic mass is 79.9. The lowest BCUT2D eigenvalue weighted by molar-refractivity contribution is 0.0940. The molecular weight excluding hydrogens is 401 g/mol. The maximum absolute atomic E-state index is 13.2. The number of benzene rings is 2. The number of carbonyl (C=O) groups excluding carboxylic acids is 1. The molecule has 1 unspecified atom stereocenters. The maximum atomic E-state index is 13.2. The molecule has 2 aromatic rings. The molecule has 5 heteroatoms. The Bertz CT molecular complexity index is 643. The molecule has 0 spiro atoms. The Morgan fingerprint density at radius 3 is 2.48 bits per heavy atom. The molecule has 1 amide bonds. The van der Waals surface area contributed by atoms with E-state index < -0.39 is 0 Å². The van der Waals surface area contributed by atoms with Crippen LogP contribution in [0.25, 0.3) is 0 Å². The van der Waals surface area contributed by atoms with Gasteiger partial charge in [0.25, 0.3) is 5.91 Å². The molecule has 0 aliphatic carbocycles. The SMILES string of the molecule is CC(Cc1ccc(Br)cc1)NC(=O)c1ccc(F)c(Br)c1. The zero-order valence-electron chi connectivity index (χ0n) is 11.4. The Kier molecular flexibility index (Phi) is 5.53. The van der Waals surface area contributed by atoms with E-state index in [4.69, 9.17) is 0 Å². The minimum atomic E-state index is -0.380. The molecule has 1 atom stereocenters. The standard InChI is InChI=1S/C16H14Br2FNO/c1-10(8-11-2-5-13(17)6-3-11)20-16(21)12-4-7-15(19)14(18)9-12/h2-7,9-10H,8H2,1H3,(H,20,21). The summed E-state index contributed by atoms with van der Waals surface area (Å²) in [7, 11) is 0. The molecule has 2 nitrogen and oxygen atoms in total.